The van der Waals surface area contributed by atoms with Crippen LogP contribution in [-0.2, 0) is 24.4 Å². The summed E-state index contributed by atoms with van der Waals surface area (Å²) in [6, 6.07) is 15.9. The fourth-order valence-corrected chi connectivity index (χ4v) is 5.63. The highest BCUT2D eigenvalue weighted by Crippen LogP contribution is 2.29. The molecule has 0 unspecified atom stereocenters. The number of carboxylic acids is 1. The molecule has 0 bridgehead atoms. The minimum atomic E-state index is -0.943. The van der Waals surface area contributed by atoms with Crippen LogP contribution in [0.5, 0.6) is 11.6 Å². The average Bonchev–Trinajstić information content (AvgIpc) is 3.27. The van der Waals surface area contributed by atoms with Gasteiger partial charge < -0.3 is 23.9 Å². The molecule has 2 aromatic heterocycles. The highest BCUT2D eigenvalue weighted by molar-refractivity contribution is 6.35. The summed E-state index contributed by atoms with van der Waals surface area (Å²) in [4.78, 5) is 23.4. The normalized spacial score (nSPS) is 17.9. The van der Waals surface area contributed by atoms with Gasteiger partial charge in [0.2, 0.25) is 5.88 Å². The molecule has 0 aliphatic carbocycles. The molecule has 4 aromatic rings. The van der Waals surface area contributed by atoms with Crippen LogP contribution in [0.1, 0.15) is 41.1 Å². The summed E-state index contributed by atoms with van der Waals surface area (Å²) < 4.78 is 19.9. The van der Waals surface area contributed by atoms with Crippen molar-refractivity contribution < 1.29 is 24.1 Å². The van der Waals surface area contributed by atoms with E-state index in [9.17, 15) is 9.90 Å². The molecule has 4 heterocycles. The SMILES string of the molecule is O=C(O)c1ccc2nc(CN3CCC(Oc4cccc(COc5ccc(Cl)cc5Cl)n4)CC3)n(C[C@@H]3CCO3)c2c1. The number of aromatic nitrogens is 3. The Morgan fingerprint density at radius 3 is 2.61 bits per heavy atom. The maximum Gasteiger partial charge on any atom is 0.335 e. The van der Waals surface area contributed by atoms with E-state index >= 15 is 0 Å². The third-order valence-corrected chi connectivity index (χ3v) is 8.02. The van der Waals surface area contributed by atoms with Crippen molar-refractivity contribution in [1.82, 2.24) is 19.4 Å². The molecule has 0 spiro atoms. The predicted octanol–water partition coefficient (Wildman–Crippen LogP) is 5.85. The fourth-order valence-electron chi connectivity index (χ4n) is 5.17. The van der Waals surface area contributed by atoms with E-state index in [-0.39, 0.29) is 24.4 Å². The second-order valence-corrected chi connectivity index (χ2v) is 11.2. The van der Waals surface area contributed by atoms with E-state index in [4.69, 9.17) is 42.4 Å². The lowest BCUT2D eigenvalue weighted by molar-refractivity contribution is -0.0592. The Labute approximate surface area is 247 Å². The number of hydrogen-bond acceptors (Lipinski definition) is 7. The third-order valence-electron chi connectivity index (χ3n) is 7.49. The lowest BCUT2D eigenvalue weighted by atomic mass is 10.1. The summed E-state index contributed by atoms with van der Waals surface area (Å²) in [7, 11) is 0. The molecule has 0 saturated carbocycles. The summed E-state index contributed by atoms with van der Waals surface area (Å²) in [5.41, 5.74) is 2.64. The third kappa shape index (κ3) is 6.59. The zero-order valence-corrected chi connectivity index (χ0v) is 23.9. The Balaban J connectivity index is 1.06. The molecular weight excluding hydrogens is 567 g/mol. The molecule has 0 radical (unpaired) electrons. The number of piperidine rings is 1. The van der Waals surface area contributed by atoms with E-state index < -0.39 is 5.97 Å². The first kappa shape index (κ1) is 27.8. The molecule has 2 saturated heterocycles. The number of pyridine rings is 1. The largest absolute Gasteiger partial charge is 0.486 e. The van der Waals surface area contributed by atoms with Crippen molar-refractivity contribution in [3.8, 4) is 11.6 Å². The number of ether oxygens (including phenoxy) is 3. The number of carboxylic acid groups (broad SMARTS) is 1. The smallest absolute Gasteiger partial charge is 0.335 e. The first-order chi connectivity index (χ1) is 19.9. The van der Waals surface area contributed by atoms with Gasteiger partial charge in [0.15, 0.2) is 0 Å². The van der Waals surface area contributed by atoms with Gasteiger partial charge in [-0.15, -0.1) is 0 Å². The molecule has 41 heavy (non-hydrogen) atoms. The standard InChI is InChI=1S/C30H30Cl2N4O5/c31-20-5-7-27(24(32)15-20)40-18-21-2-1-3-29(33-21)41-22-8-11-35(12-9-22)17-28-34-25-6-4-19(30(37)38)14-26(25)36(28)16-23-10-13-39-23/h1-7,14-15,22-23H,8-13,16-18H2,(H,37,38)/t23-/m0/s1. The molecule has 0 amide bonds. The number of likely N-dealkylation sites (tertiary alicyclic amines) is 1. The van der Waals surface area contributed by atoms with Crippen molar-refractivity contribution in [2.45, 2.75) is 51.2 Å². The van der Waals surface area contributed by atoms with Crippen LogP contribution < -0.4 is 9.47 Å². The molecule has 11 heteroatoms. The van der Waals surface area contributed by atoms with E-state index in [0.717, 1.165) is 61.5 Å². The quantitative estimate of drug-likeness (QED) is 0.243. The summed E-state index contributed by atoms with van der Waals surface area (Å²) in [5, 5.41) is 10.5. The van der Waals surface area contributed by atoms with Gasteiger partial charge in [-0.05, 0) is 61.7 Å². The van der Waals surface area contributed by atoms with Crippen LogP contribution in [0.25, 0.3) is 11.0 Å². The van der Waals surface area contributed by atoms with Gasteiger partial charge in [-0.2, -0.15) is 0 Å². The molecular formula is C30H30Cl2N4O5. The van der Waals surface area contributed by atoms with Crippen LogP contribution >= 0.6 is 23.2 Å². The number of fused-ring (bicyclic) bond motifs is 1. The van der Waals surface area contributed by atoms with E-state index in [0.29, 0.717) is 34.8 Å². The van der Waals surface area contributed by atoms with Crippen LogP contribution in [0, 0.1) is 0 Å². The second-order valence-electron chi connectivity index (χ2n) is 10.4. The van der Waals surface area contributed by atoms with Crippen LogP contribution in [0.3, 0.4) is 0 Å². The second kappa shape index (κ2) is 12.2. The highest BCUT2D eigenvalue weighted by atomic mass is 35.5. The van der Waals surface area contributed by atoms with Crippen molar-refractivity contribution in [3.63, 3.8) is 0 Å². The topological polar surface area (TPSA) is 98.9 Å². The number of nitrogens with zero attached hydrogens (tertiary/aromatic N) is 4. The van der Waals surface area contributed by atoms with Gasteiger partial charge in [0.25, 0.3) is 0 Å². The molecule has 2 aliphatic rings. The molecule has 214 valence electrons. The number of aromatic carboxylic acids is 1. The van der Waals surface area contributed by atoms with Gasteiger partial charge in [-0.3, -0.25) is 4.90 Å². The molecule has 2 aromatic carbocycles. The lowest BCUT2D eigenvalue weighted by Crippen LogP contribution is -2.39. The zero-order valence-electron chi connectivity index (χ0n) is 22.3. The minimum Gasteiger partial charge on any atom is -0.486 e. The van der Waals surface area contributed by atoms with Crippen LogP contribution in [-0.4, -0.2) is 62.4 Å². The van der Waals surface area contributed by atoms with E-state index in [1.54, 1.807) is 36.4 Å². The Bertz CT molecular complexity index is 1550. The number of halogens is 2. The summed E-state index contributed by atoms with van der Waals surface area (Å²) in [6.07, 6.45) is 2.91. The van der Waals surface area contributed by atoms with Crippen molar-refractivity contribution in [2.24, 2.45) is 0 Å². The van der Waals surface area contributed by atoms with Crippen molar-refractivity contribution in [1.29, 1.82) is 0 Å². The number of imidazole rings is 1. The number of carbonyl (C=O) groups is 1. The Morgan fingerprint density at radius 2 is 1.88 bits per heavy atom. The maximum atomic E-state index is 11.6. The van der Waals surface area contributed by atoms with Crippen LogP contribution in [0.15, 0.2) is 54.6 Å². The number of hydrogen-bond donors (Lipinski definition) is 1. The van der Waals surface area contributed by atoms with Gasteiger partial charge in [0.05, 0.1) is 46.5 Å². The number of rotatable bonds is 10. The van der Waals surface area contributed by atoms with Crippen molar-refractivity contribution in [3.05, 3.63) is 81.7 Å². The Morgan fingerprint density at radius 1 is 1.05 bits per heavy atom. The Kier molecular flexibility index (Phi) is 8.30. The summed E-state index contributed by atoms with van der Waals surface area (Å²) in [6.45, 7) is 4.08. The monoisotopic (exact) mass is 596 g/mol. The van der Waals surface area contributed by atoms with Crippen LogP contribution in [0.2, 0.25) is 10.0 Å². The van der Waals surface area contributed by atoms with Gasteiger partial charge >= 0.3 is 5.97 Å². The first-order valence-corrected chi connectivity index (χ1v) is 14.4. The molecule has 1 N–H and O–H groups in total. The van der Waals surface area contributed by atoms with Gasteiger partial charge in [-0.1, -0.05) is 29.3 Å². The van der Waals surface area contributed by atoms with Crippen LogP contribution in [0.4, 0.5) is 0 Å². The Hall–Kier alpha value is -3.37. The molecule has 6 rings (SSSR count). The number of benzene rings is 2. The van der Waals surface area contributed by atoms with Gasteiger partial charge in [-0.25, -0.2) is 14.8 Å². The average molecular weight is 597 g/mol. The lowest BCUT2D eigenvalue weighted by Gasteiger charge is -2.32. The van der Waals surface area contributed by atoms with E-state index in [2.05, 4.69) is 14.5 Å². The summed E-state index contributed by atoms with van der Waals surface area (Å²) in [5.74, 6) is 1.10. The van der Waals surface area contributed by atoms with Crippen molar-refractivity contribution >= 4 is 40.2 Å². The zero-order chi connectivity index (χ0) is 28.3. The minimum absolute atomic E-state index is 0.0564. The fraction of sp³-hybridized carbons (Fsp3) is 0.367. The highest BCUT2D eigenvalue weighted by Gasteiger charge is 2.26. The van der Waals surface area contributed by atoms with E-state index in [1.807, 2.05) is 18.2 Å². The van der Waals surface area contributed by atoms with Gasteiger partial charge in [0.1, 0.15) is 24.3 Å². The maximum absolute atomic E-state index is 11.6. The molecule has 9 nitrogen and oxygen atoms in total. The predicted molar refractivity (Wildman–Crippen MR) is 155 cm³/mol. The van der Waals surface area contributed by atoms with Crippen molar-refractivity contribution in [2.75, 3.05) is 19.7 Å². The molecule has 1 atom stereocenters. The molecule has 2 fully saturated rings. The first-order valence-electron chi connectivity index (χ1n) is 13.7. The van der Waals surface area contributed by atoms with E-state index in [1.165, 1.54) is 0 Å². The van der Waals surface area contributed by atoms with Gasteiger partial charge in [0, 0.05) is 30.8 Å². The molecule has 2 aliphatic heterocycles. The summed E-state index contributed by atoms with van der Waals surface area (Å²) >= 11 is 12.2.